The quantitative estimate of drug-likeness (QED) is 0.804. The van der Waals surface area contributed by atoms with Crippen molar-refractivity contribution in [1.29, 1.82) is 0 Å². The molecular weight excluding hydrogens is 280 g/mol. The van der Waals surface area contributed by atoms with Crippen molar-refractivity contribution < 1.29 is 14.6 Å². The predicted molar refractivity (Wildman–Crippen MR) is 83.3 cm³/mol. The van der Waals surface area contributed by atoms with E-state index in [2.05, 4.69) is 4.98 Å². The lowest BCUT2D eigenvalue weighted by Gasteiger charge is -2.08. The number of carboxylic acid groups (broad SMARTS) is 1. The Morgan fingerprint density at radius 1 is 1.23 bits per heavy atom. The van der Waals surface area contributed by atoms with Gasteiger partial charge >= 0.3 is 5.97 Å². The summed E-state index contributed by atoms with van der Waals surface area (Å²) in [5.41, 5.74) is 3.78. The second kappa shape index (κ2) is 5.52. The summed E-state index contributed by atoms with van der Waals surface area (Å²) in [5, 5.41) is 9.26. The minimum Gasteiger partial charge on any atom is -0.496 e. The molecule has 0 radical (unpaired) electrons. The Morgan fingerprint density at radius 3 is 2.73 bits per heavy atom. The van der Waals surface area contributed by atoms with Crippen molar-refractivity contribution >= 4 is 11.6 Å². The molecule has 0 spiro atoms. The predicted octanol–water partition coefficient (Wildman–Crippen LogP) is 2.95. The largest absolute Gasteiger partial charge is 0.496 e. The number of aliphatic carboxylic acids is 1. The average Bonchev–Trinajstić information content (AvgIpc) is 2.86. The first-order valence-corrected chi connectivity index (χ1v) is 6.94. The van der Waals surface area contributed by atoms with E-state index < -0.39 is 5.97 Å². The fourth-order valence-electron chi connectivity index (χ4n) is 2.69. The lowest BCUT2D eigenvalue weighted by atomic mass is 10.1. The fourth-order valence-corrected chi connectivity index (χ4v) is 2.69. The molecule has 0 fully saturated rings. The molecule has 0 aliphatic carbocycles. The van der Waals surface area contributed by atoms with E-state index in [0.717, 1.165) is 16.9 Å². The molecule has 0 saturated heterocycles. The number of ether oxygens (including phenoxy) is 1. The van der Waals surface area contributed by atoms with E-state index in [1.165, 1.54) is 0 Å². The lowest BCUT2D eigenvalue weighted by molar-refractivity contribution is -0.136. The van der Waals surface area contributed by atoms with Crippen LogP contribution in [0.5, 0.6) is 5.75 Å². The number of nitrogens with zero attached hydrogens (tertiary/aromatic N) is 2. The van der Waals surface area contributed by atoms with Crippen LogP contribution in [0.15, 0.2) is 42.5 Å². The Morgan fingerprint density at radius 2 is 2.00 bits per heavy atom. The molecule has 0 aliphatic heterocycles. The molecule has 0 aliphatic rings. The van der Waals surface area contributed by atoms with Gasteiger partial charge in [0.25, 0.3) is 0 Å². The molecule has 1 aromatic carbocycles. The first kappa shape index (κ1) is 14.1. The molecule has 5 heteroatoms. The van der Waals surface area contributed by atoms with Crippen LogP contribution in [0, 0.1) is 6.92 Å². The Bertz CT molecular complexity index is 852. The number of imidazole rings is 1. The van der Waals surface area contributed by atoms with Gasteiger partial charge in [-0.3, -0.25) is 4.79 Å². The van der Waals surface area contributed by atoms with Crippen molar-refractivity contribution in [1.82, 2.24) is 9.38 Å². The summed E-state index contributed by atoms with van der Waals surface area (Å²) < 4.78 is 7.27. The van der Waals surface area contributed by atoms with Crippen LogP contribution in [0.2, 0.25) is 0 Å². The monoisotopic (exact) mass is 296 g/mol. The molecular formula is C17H16N2O3. The highest BCUT2D eigenvalue weighted by atomic mass is 16.5. The van der Waals surface area contributed by atoms with Gasteiger partial charge in [-0.1, -0.05) is 18.2 Å². The summed E-state index contributed by atoms with van der Waals surface area (Å²) >= 11 is 0. The summed E-state index contributed by atoms with van der Waals surface area (Å²) in [5.74, 6) is -0.212. The maximum Gasteiger partial charge on any atom is 0.309 e. The van der Waals surface area contributed by atoms with Crippen LogP contribution in [0.3, 0.4) is 0 Å². The lowest BCUT2D eigenvalue weighted by Crippen LogP contribution is -2.06. The minimum absolute atomic E-state index is 0.0978. The van der Waals surface area contributed by atoms with Gasteiger partial charge in [0.2, 0.25) is 0 Å². The third-order valence-electron chi connectivity index (χ3n) is 3.61. The second-order valence-electron chi connectivity index (χ2n) is 5.04. The summed E-state index contributed by atoms with van der Waals surface area (Å²) in [6, 6.07) is 13.2. The van der Waals surface area contributed by atoms with Gasteiger partial charge in [-0.05, 0) is 31.2 Å². The van der Waals surface area contributed by atoms with Crippen LogP contribution >= 0.6 is 0 Å². The number of rotatable bonds is 4. The molecule has 1 N–H and O–H groups in total. The van der Waals surface area contributed by atoms with Crippen LogP contribution in [-0.2, 0) is 11.2 Å². The number of hydrogen-bond acceptors (Lipinski definition) is 3. The van der Waals surface area contributed by atoms with E-state index in [9.17, 15) is 9.90 Å². The molecule has 0 bridgehead atoms. The molecule has 3 rings (SSSR count). The second-order valence-corrected chi connectivity index (χ2v) is 5.04. The van der Waals surface area contributed by atoms with Crippen LogP contribution in [-0.4, -0.2) is 27.6 Å². The third kappa shape index (κ3) is 2.30. The van der Waals surface area contributed by atoms with Crippen molar-refractivity contribution in [2.75, 3.05) is 7.11 Å². The first-order valence-electron chi connectivity index (χ1n) is 6.94. The molecule has 2 heterocycles. The van der Waals surface area contributed by atoms with Crippen molar-refractivity contribution in [2.24, 2.45) is 0 Å². The van der Waals surface area contributed by atoms with Crippen LogP contribution in [0.25, 0.3) is 16.9 Å². The standard InChI is InChI=1S/C17H16N2O3/c1-11-6-5-9-15-18-17(13(19(11)15)10-16(20)21)12-7-3-4-8-14(12)22-2/h3-9H,10H2,1-2H3,(H,20,21). The van der Waals surface area contributed by atoms with Crippen molar-refractivity contribution in [3.8, 4) is 17.0 Å². The molecule has 2 aromatic heterocycles. The van der Waals surface area contributed by atoms with E-state index in [0.29, 0.717) is 17.1 Å². The summed E-state index contributed by atoms with van der Waals surface area (Å²) in [6.45, 7) is 1.94. The van der Waals surface area contributed by atoms with Crippen molar-refractivity contribution in [3.05, 3.63) is 53.9 Å². The molecule has 3 aromatic rings. The Labute approximate surface area is 127 Å². The maximum absolute atomic E-state index is 11.3. The summed E-state index contributed by atoms with van der Waals surface area (Å²) in [4.78, 5) is 15.9. The average molecular weight is 296 g/mol. The zero-order valence-electron chi connectivity index (χ0n) is 12.4. The van der Waals surface area contributed by atoms with E-state index in [1.807, 2.05) is 53.8 Å². The van der Waals surface area contributed by atoms with Gasteiger partial charge in [-0.2, -0.15) is 0 Å². The van der Waals surface area contributed by atoms with Crippen LogP contribution in [0.4, 0.5) is 0 Å². The highest BCUT2D eigenvalue weighted by Gasteiger charge is 2.19. The van der Waals surface area contributed by atoms with E-state index in [-0.39, 0.29) is 6.42 Å². The Kier molecular flexibility index (Phi) is 3.55. The third-order valence-corrected chi connectivity index (χ3v) is 3.61. The van der Waals surface area contributed by atoms with Gasteiger partial charge in [0.15, 0.2) is 0 Å². The Balaban J connectivity index is 2.33. The number of aromatic nitrogens is 2. The number of benzene rings is 1. The zero-order chi connectivity index (χ0) is 15.7. The van der Waals surface area contributed by atoms with Gasteiger partial charge in [0.1, 0.15) is 11.4 Å². The molecule has 0 saturated carbocycles. The van der Waals surface area contributed by atoms with Gasteiger partial charge in [0, 0.05) is 11.3 Å². The number of fused-ring (bicyclic) bond motifs is 1. The van der Waals surface area contributed by atoms with E-state index in [4.69, 9.17) is 4.74 Å². The number of carboxylic acids is 1. The van der Waals surface area contributed by atoms with E-state index in [1.54, 1.807) is 7.11 Å². The smallest absolute Gasteiger partial charge is 0.309 e. The molecule has 0 atom stereocenters. The number of hydrogen-bond donors (Lipinski definition) is 1. The van der Waals surface area contributed by atoms with Gasteiger partial charge < -0.3 is 14.2 Å². The fraction of sp³-hybridized carbons (Fsp3) is 0.176. The van der Waals surface area contributed by atoms with E-state index >= 15 is 0 Å². The number of para-hydroxylation sites is 1. The molecule has 0 unspecified atom stereocenters. The highest BCUT2D eigenvalue weighted by molar-refractivity contribution is 5.78. The highest BCUT2D eigenvalue weighted by Crippen LogP contribution is 2.32. The zero-order valence-corrected chi connectivity index (χ0v) is 12.4. The maximum atomic E-state index is 11.3. The number of aryl methyl sites for hydroxylation is 1. The van der Waals surface area contributed by atoms with Gasteiger partial charge in [0.05, 0.1) is 24.9 Å². The van der Waals surface area contributed by atoms with Crippen LogP contribution in [0.1, 0.15) is 11.4 Å². The van der Waals surface area contributed by atoms with Gasteiger partial charge in [-0.25, -0.2) is 4.98 Å². The first-order chi connectivity index (χ1) is 10.6. The molecule has 0 amide bonds. The van der Waals surface area contributed by atoms with Gasteiger partial charge in [-0.15, -0.1) is 0 Å². The number of carbonyl (C=O) groups is 1. The number of pyridine rings is 1. The molecule has 5 nitrogen and oxygen atoms in total. The number of methoxy groups -OCH3 is 1. The Hall–Kier alpha value is -2.82. The summed E-state index contributed by atoms with van der Waals surface area (Å²) in [7, 11) is 1.59. The van der Waals surface area contributed by atoms with Crippen molar-refractivity contribution in [3.63, 3.8) is 0 Å². The van der Waals surface area contributed by atoms with Crippen molar-refractivity contribution in [2.45, 2.75) is 13.3 Å². The summed E-state index contributed by atoms with van der Waals surface area (Å²) in [6.07, 6.45) is -0.0978. The normalized spacial score (nSPS) is 10.8. The topological polar surface area (TPSA) is 63.8 Å². The van der Waals surface area contributed by atoms with Crippen LogP contribution < -0.4 is 4.74 Å². The minimum atomic E-state index is -0.888. The molecule has 112 valence electrons. The molecule has 22 heavy (non-hydrogen) atoms. The SMILES string of the molecule is COc1ccccc1-c1nc2cccc(C)n2c1CC(=O)O.